The van der Waals surface area contributed by atoms with Gasteiger partial charge in [-0.15, -0.1) is 0 Å². The minimum atomic E-state index is -1.21. The van der Waals surface area contributed by atoms with Crippen LogP contribution in [0.5, 0.6) is 5.88 Å². The SMILES string of the molecule is COc1cc(C(C)(C=O)NC(=O)OC(C)(C)C)ccn1. The van der Waals surface area contributed by atoms with E-state index in [0.29, 0.717) is 17.7 Å². The van der Waals surface area contributed by atoms with E-state index in [1.54, 1.807) is 39.8 Å². The highest BCUT2D eigenvalue weighted by atomic mass is 16.6. The highest BCUT2D eigenvalue weighted by Crippen LogP contribution is 2.22. The van der Waals surface area contributed by atoms with Crippen molar-refractivity contribution in [3.8, 4) is 5.88 Å². The molecular weight excluding hydrogens is 260 g/mol. The van der Waals surface area contributed by atoms with E-state index in [1.165, 1.54) is 13.3 Å². The van der Waals surface area contributed by atoms with Gasteiger partial charge in [0.25, 0.3) is 0 Å². The van der Waals surface area contributed by atoms with Gasteiger partial charge in [-0.25, -0.2) is 9.78 Å². The van der Waals surface area contributed by atoms with Gasteiger partial charge in [0.15, 0.2) is 0 Å². The molecule has 0 radical (unpaired) electrons. The van der Waals surface area contributed by atoms with Gasteiger partial charge >= 0.3 is 6.09 Å². The summed E-state index contributed by atoms with van der Waals surface area (Å²) >= 11 is 0. The molecule has 110 valence electrons. The van der Waals surface area contributed by atoms with Crippen molar-refractivity contribution in [3.05, 3.63) is 23.9 Å². The van der Waals surface area contributed by atoms with Crippen LogP contribution in [0.3, 0.4) is 0 Å². The number of pyridine rings is 1. The van der Waals surface area contributed by atoms with E-state index in [-0.39, 0.29) is 0 Å². The van der Waals surface area contributed by atoms with E-state index in [1.807, 2.05) is 0 Å². The lowest BCUT2D eigenvalue weighted by molar-refractivity contribution is -0.113. The van der Waals surface area contributed by atoms with Crippen molar-refractivity contribution in [1.29, 1.82) is 0 Å². The van der Waals surface area contributed by atoms with Gasteiger partial charge in [-0.3, -0.25) is 0 Å². The van der Waals surface area contributed by atoms with Crippen molar-refractivity contribution in [2.45, 2.75) is 38.8 Å². The second kappa shape index (κ2) is 5.90. The zero-order valence-electron chi connectivity index (χ0n) is 12.4. The number of ether oxygens (including phenoxy) is 2. The molecule has 1 aromatic heterocycles. The van der Waals surface area contributed by atoms with Crippen molar-refractivity contribution in [1.82, 2.24) is 10.3 Å². The van der Waals surface area contributed by atoms with Crippen LogP contribution in [0.1, 0.15) is 33.3 Å². The number of carbonyl (C=O) groups excluding carboxylic acids is 2. The van der Waals surface area contributed by atoms with E-state index >= 15 is 0 Å². The minimum Gasteiger partial charge on any atom is -0.481 e. The van der Waals surface area contributed by atoms with Crippen LogP contribution in [-0.4, -0.2) is 30.1 Å². The quantitative estimate of drug-likeness (QED) is 0.854. The Hall–Kier alpha value is -2.11. The number of rotatable bonds is 4. The molecule has 0 saturated heterocycles. The third-order valence-corrected chi connectivity index (χ3v) is 2.54. The number of nitrogens with one attached hydrogen (secondary N) is 1. The number of carbonyl (C=O) groups is 2. The van der Waals surface area contributed by atoms with Crippen molar-refractivity contribution in [2.24, 2.45) is 0 Å². The summed E-state index contributed by atoms with van der Waals surface area (Å²) in [7, 11) is 1.48. The molecule has 0 fully saturated rings. The lowest BCUT2D eigenvalue weighted by Gasteiger charge is -2.27. The van der Waals surface area contributed by atoms with Crippen LogP contribution < -0.4 is 10.1 Å². The average molecular weight is 280 g/mol. The minimum absolute atomic E-state index is 0.363. The fraction of sp³-hybridized carbons (Fsp3) is 0.500. The van der Waals surface area contributed by atoms with E-state index in [9.17, 15) is 9.59 Å². The maximum absolute atomic E-state index is 11.8. The van der Waals surface area contributed by atoms with Crippen molar-refractivity contribution < 1.29 is 19.1 Å². The number of alkyl carbamates (subject to hydrolysis) is 1. The number of hydrogen-bond donors (Lipinski definition) is 1. The summed E-state index contributed by atoms with van der Waals surface area (Å²) in [4.78, 5) is 27.2. The van der Waals surface area contributed by atoms with E-state index in [2.05, 4.69) is 10.3 Å². The van der Waals surface area contributed by atoms with Gasteiger partial charge < -0.3 is 19.6 Å². The van der Waals surface area contributed by atoms with Gasteiger partial charge in [0, 0.05) is 12.3 Å². The third kappa shape index (κ3) is 4.22. The molecule has 0 bridgehead atoms. The highest BCUT2D eigenvalue weighted by Gasteiger charge is 2.31. The number of aromatic nitrogens is 1. The van der Waals surface area contributed by atoms with Gasteiger partial charge in [-0.1, -0.05) is 0 Å². The van der Waals surface area contributed by atoms with E-state index < -0.39 is 17.2 Å². The van der Waals surface area contributed by atoms with Gasteiger partial charge in [0.05, 0.1) is 7.11 Å². The number of methoxy groups -OCH3 is 1. The van der Waals surface area contributed by atoms with E-state index in [0.717, 1.165) is 0 Å². The Kier molecular flexibility index (Phi) is 4.70. The summed E-state index contributed by atoms with van der Waals surface area (Å²) < 4.78 is 10.2. The zero-order valence-corrected chi connectivity index (χ0v) is 12.4. The molecule has 1 heterocycles. The molecular formula is C14H20N2O4. The summed E-state index contributed by atoms with van der Waals surface area (Å²) in [5.74, 6) is 0.363. The molecule has 0 aliphatic heterocycles. The molecule has 6 heteroatoms. The molecule has 6 nitrogen and oxygen atoms in total. The lowest BCUT2D eigenvalue weighted by Crippen LogP contribution is -2.46. The molecule has 1 unspecified atom stereocenters. The molecule has 1 rings (SSSR count). The first kappa shape index (κ1) is 15.9. The van der Waals surface area contributed by atoms with Crippen molar-refractivity contribution in [2.75, 3.05) is 7.11 Å². The van der Waals surface area contributed by atoms with Crippen LogP contribution >= 0.6 is 0 Å². The lowest BCUT2D eigenvalue weighted by atomic mass is 9.95. The molecule has 20 heavy (non-hydrogen) atoms. The van der Waals surface area contributed by atoms with Crippen LogP contribution in [0.4, 0.5) is 4.79 Å². The maximum Gasteiger partial charge on any atom is 0.408 e. The van der Waals surface area contributed by atoms with Crippen molar-refractivity contribution in [3.63, 3.8) is 0 Å². The van der Waals surface area contributed by atoms with Crippen LogP contribution in [-0.2, 0) is 15.1 Å². The standard InChI is InChI=1S/C14H20N2O4/c1-13(2,3)20-12(18)16-14(4,9-17)10-6-7-15-11(8-10)19-5/h6-9H,1-5H3,(H,16,18). The highest BCUT2D eigenvalue weighted by molar-refractivity contribution is 5.77. The Morgan fingerprint density at radius 3 is 2.50 bits per heavy atom. The molecule has 0 aliphatic carbocycles. The van der Waals surface area contributed by atoms with E-state index in [4.69, 9.17) is 9.47 Å². The molecule has 0 spiro atoms. The average Bonchev–Trinajstić information content (AvgIpc) is 2.36. The fourth-order valence-electron chi connectivity index (χ4n) is 1.53. The Bertz CT molecular complexity index is 496. The molecule has 1 aromatic rings. The summed E-state index contributed by atoms with van der Waals surface area (Å²) in [6.07, 6.45) is 1.49. The largest absolute Gasteiger partial charge is 0.481 e. The predicted molar refractivity (Wildman–Crippen MR) is 73.6 cm³/mol. The summed E-state index contributed by atoms with van der Waals surface area (Å²) in [6, 6.07) is 3.22. The first-order chi connectivity index (χ1) is 9.20. The number of nitrogens with zero attached hydrogens (tertiary/aromatic N) is 1. The number of hydrogen-bond acceptors (Lipinski definition) is 5. The molecule has 0 aliphatic rings. The predicted octanol–water partition coefficient (Wildman–Crippen LogP) is 2.03. The number of amides is 1. The van der Waals surface area contributed by atoms with Crippen LogP contribution in [0.2, 0.25) is 0 Å². The maximum atomic E-state index is 11.8. The van der Waals surface area contributed by atoms with Gasteiger partial charge in [0.2, 0.25) is 5.88 Å². The molecule has 1 atom stereocenters. The Morgan fingerprint density at radius 1 is 1.35 bits per heavy atom. The second-order valence-corrected chi connectivity index (χ2v) is 5.53. The normalized spacial score (nSPS) is 14.1. The topological polar surface area (TPSA) is 77.5 Å². The summed E-state index contributed by atoms with van der Waals surface area (Å²) in [5.41, 5.74) is -1.28. The summed E-state index contributed by atoms with van der Waals surface area (Å²) in [5, 5.41) is 2.55. The van der Waals surface area contributed by atoms with Crippen LogP contribution in [0.25, 0.3) is 0 Å². The monoisotopic (exact) mass is 280 g/mol. The van der Waals surface area contributed by atoms with Crippen LogP contribution in [0.15, 0.2) is 18.3 Å². The molecule has 1 amide bonds. The molecule has 0 aromatic carbocycles. The van der Waals surface area contributed by atoms with Crippen LogP contribution in [0, 0.1) is 0 Å². The molecule has 1 N–H and O–H groups in total. The molecule has 0 saturated carbocycles. The van der Waals surface area contributed by atoms with Gasteiger partial charge in [-0.2, -0.15) is 0 Å². The zero-order chi connectivity index (χ0) is 15.4. The number of aldehydes is 1. The van der Waals surface area contributed by atoms with Crippen molar-refractivity contribution >= 4 is 12.4 Å². The second-order valence-electron chi connectivity index (χ2n) is 5.53. The fourth-order valence-corrected chi connectivity index (χ4v) is 1.53. The smallest absolute Gasteiger partial charge is 0.408 e. The third-order valence-electron chi connectivity index (χ3n) is 2.54. The van der Waals surface area contributed by atoms with Gasteiger partial charge in [-0.05, 0) is 39.3 Å². The first-order valence-electron chi connectivity index (χ1n) is 6.18. The first-order valence-corrected chi connectivity index (χ1v) is 6.18. The Balaban J connectivity index is 2.96. The van der Waals surface area contributed by atoms with Gasteiger partial charge in [0.1, 0.15) is 17.4 Å². The Labute approximate surface area is 118 Å². The Morgan fingerprint density at radius 2 is 2.00 bits per heavy atom. The summed E-state index contributed by atoms with van der Waals surface area (Å²) in [6.45, 7) is 6.83.